The van der Waals surface area contributed by atoms with Crippen LogP contribution in [-0.4, -0.2) is 22.7 Å². The van der Waals surface area contributed by atoms with Crippen molar-refractivity contribution in [1.29, 1.82) is 0 Å². The summed E-state index contributed by atoms with van der Waals surface area (Å²) >= 11 is 0. The SMILES string of the molecule is O=C(OCCc1ccccn1)c1cc2ccccc2cc1O. The van der Waals surface area contributed by atoms with Gasteiger partial charge in [0.2, 0.25) is 0 Å². The molecule has 0 saturated heterocycles. The Morgan fingerprint density at radius 2 is 1.77 bits per heavy atom. The third kappa shape index (κ3) is 3.06. The van der Waals surface area contributed by atoms with Gasteiger partial charge in [0.15, 0.2) is 0 Å². The maximum absolute atomic E-state index is 12.1. The third-order valence-corrected chi connectivity index (χ3v) is 3.40. The number of aromatic hydroxyl groups is 1. The highest BCUT2D eigenvalue weighted by Gasteiger charge is 2.13. The van der Waals surface area contributed by atoms with E-state index in [2.05, 4.69) is 4.98 Å². The molecule has 0 aliphatic rings. The first-order chi connectivity index (χ1) is 10.7. The van der Waals surface area contributed by atoms with Gasteiger partial charge in [0.25, 0.3) is 0 Å². The molecule has 0 atom stereocenters. The standard InChI is InChI=1S/C18H15NO3/c20-17-12-14-6-2-1-5-13(14)11-16(17)18(21)22-10-8-15-7-3-4-9-19-15/h1-7,9,11-12,20H,8,10H2. The Balaban J connectivity index is 1.71. The van der Waals surface area contributed by atoms with Gasteiger partial charge < -0.3 is 9.84 Å². The van der Waals surface area contributed by atoms with Gasteiger partial charge in [-0.25, -0.2) is 4.79 Å². The summed E-state index contributed by atoms with van der Waals surface area (Å²) in [7, 11) is 0. The highest BCUT2D eigenvalue weighted by molar-refractivity contribution is 5.98. The van der Waals surface area contributed by atoms with Crippen LogP contribution in [0.2, 0.25) is 0 Å². The molecule has 0 amide bonds. The second-order valence-corrected chi connectivity index (χ2v) is 4.92. The van der Waals surface area contributed by atoms with Gasteiger partial charge in [-0.05, 0) is 35.0 Å². The molecule has 1 N–H and O–H groups in total. The second kappa shape index (κ2) is 6.26. The summed E-state index contributed by atoms with van der Waals surface area (Å²) in [5.41, 5.74) is 1.04. The number of pyridine rings is 1. The zero-order chi connectivity index (χ0) is 15.4. The average Bonchev–Trinajstić information content (AvgIpc) is 2.55. The van der Waals surface area contributed by atoms with Gasteiger partial charge in [0.05, 0.1) is 6.61 Å². The lowest BCUT2D eigenvalue weighted by Crippen LogP contribution is -2.09. The van der Waals surface area contributed by atoms with E-state index in [0.29, 0.717) is 6.42 Å². The van der Waals surface area contributed by atoms with Crippen molar-refractivity contribution in [1.82, 2.24) is 4.98 Å². The Labute approximate surface area is 128 Å². The summed E-state index contributed by atoms with van der Waals surface area (Å²) in [6, 6.07) is 16.4. The number of hydrogen-bond acceptors (Lipinski definition) is 4. The van der Waals surface area contributed by atoms with Crippen LogP contribution in [-0.2, 0) is 11.2 Å². The highest BCUT2D eigenvalue weighted by Crippen LogP contribution is 2.25. The number of hydrogen-bond donors (Lipinski definition) is 1. The lowest BCUT2D eigenvalue weighted by molar-refractivity contribution is 0.0505. The topological polar surface area (TPSA) is 59.4 Å². The van der Waals surface area contributed by atoms with Crippen LogP contribution in [0.5, 0.6) is 5.75 Å². The number of carbonyl (C=O) groups excluding carboxylic acids is 1. The van der Waals surface area contributed by atoms with Crippen molar-refractivity contribution in [3.63, 3.8) is 0 Å². The second-order valence-electron chi connectivity index (χ2n) is 4.92. The van der Waals surface area contributed by atoms with Crippen molar-refractivity contribution in [3.05, 3.63) is 72.1 Å². The zero-order valence-corrected chi connectivity index (χ0v) is 11.9. The molecule has 4 heteroatoms. The lowest BCUT2D eigenvalue weighted by Gasteiger charge is -2.08. The minimum atomic E-state index is -0.529. The van der Waals surface area contributed by atoms with Gasteiger partial charge in [-0.15, -0.1) is 0 Å². The van der Waals surface area contributed by atoms with E-state index < -0.39 is 5.97 Å². The van der Waals surface area contributed by atoms with Crippen LogP contribution in [0.1, 0.15) is 16.1 Å². The fourth-order valence-corrected chi connectivity index (χ4v) is 2.26. The molecule has 0 bridgehead atoms. The predicted molar refractivity (Wildman–Crippen MR) is 83.8 cm³/mol. The number of carbonyl (C=O) groups is 1. The molecule has 0 fully saturated rings. The Morgan fingerprint density at radius 3 is 2.50 bits per heavy atom. The number of rotatable bonds is 4. The van der Waals surface area contributed by atoms with Crippen molar-refractivity contribution in [2.75, 3.05) is 6.61 Å². The Hall–Kier alpha value is -2.88. The van der Waals surface area contributed by atoms with E-state index in [1.807, 2.05) is 42.5 Å². The largest absolute Gasteiger partial charge is 0.507 e. The van der Waals surface area contributed by atoms with Crippen molar-refractivity contribution in [2.45, 2.75) is 6.42 Å². The molecule has 0 radical (unpaired) electrons. The van der Waals surface area contributed by atoms with Crippen molar-refractivity contribution in [2.24, 2.45) is 0 Å². The molecule has 0 spiro atoms. The predicted octanol–water partition coefficient (Wildman–Crippen LogP) is 3.34. The molecule has 3 rings (SSSR count). The van der Waals surface area contributed by atoms with Gasteiger partial charge in [-0.2, -0.15) is 0 Å². The van der Waals surface area contributed by atoms with E-state index in [0.717, 1.165) is 16.5 Å². The smallest absolute Gasteiger partial charge is 0.341 e. The molecule has 1 heterocycles. The Bertz CT molecular complexity index is 800. The van der Waals surface area contributed by atoms with Gasteiger partial charge in [0, 0.05) is 18.3 Å². The molecule has 1 aromatic heterocycles. The molecular formula is C18H15NO3. The maximum Gasteiger partial charge on any atom is 0.341 e. The fraction of sp³-hybridized carbons (Fsp3) is 0.111. The zero-order valence-electron chi connectivity index (χ0n) is 11.9. The first kappa shape index (κ1) is 14.1. The molecule has 0 saturated carbocycles. The van der Waals surface area contributed by atoms with Crippen LogP contribution in [0.3, 0.4) is 0 Å². The van der Waals surface area contributed by atoms with Crippen molar-refractivity contribution in [3.8, 4) is 5.75 Å². The number of nitrogens with zero attached hydrogens (tertiary/aromatic N) is 1. The molecule has 4 nitrogen and oxygen atoms in total. The summed E-state index contributed by atoms with van der Waals surface area (Å²) in [6.45, 7) is 0.224. The lowest BCUT2D eigenvalue weighted by atomic mass is 10.1. The summed E-state index contributed by atoms with van der Waals surface area (Å²) in [4.78, 5) is 16.3. The maximum atomic E-state index is 12.1. The summed E-state index contributed by atoms with van der Waals surface area (Å²) in [6.07, 6.45) is 2.24. The number of ether oxygens (including phenoxy) is 1. The van der Waals surface area contributed by atoms with Crippen LogP contribution in [0.25, 0.3) is 10.8 Å². The van der Waals surface area contributed by atoms with Crippen LogP contribution in [0, 0.1) is 0 Å². The van der Waals surface area contributed by atoms with Crippen LogP contribution < -0.4 is 0 Å². The Morgan fingerprint density at radius 1 is 1.05 bits per heavy atom. The summed E-state index contributed by atoms with van der Waals surface area (Å²) < 4.78 is 5.22. The Kier molecular flexibility index (Phi) is 4.01. The molecular weight excluding hydrogens is 278 g/mol. The van der Waals surface area contributed by atoms with Gasteiger partial charge in [-0.3, -0.25) is 4.98 Å². The third-order valence-electron chi connectivity index (χ3n) is 3.40. The van der Waals surface area contributed by atoms with Gasteiger partial charge in [-0.1, -0.05) is 30.3 Å². The van der Waals surface area contributed by atoms with Gasteiger partial charge >= 0.3 is 5.97 Å². The van der Waals surface area contributed by atoms with Crippen LogP contribution >= 0.6 is 0 Å². The number of aromatic nitrogens is 1. The van der Waals surface area contributed by atoms with E-state index in [-0.39, 0.29) is 17.9 Å². The minimum Gasteiger partial charge on any atom is -0.507 e. The fourth-order valence-electron chi connectivity index (χ4n) is 2.26. The molecule has 0 aliphatic heterocycles. The number of phenolic OH excluding ortho intramolecular Hbond substituents is 1. The highest BCUT2D eigenvalue weighted by atomic mass is 16.5. The average molecular weight is 293 g/mol. The van der Waals surface area contributed by atoms with Crippen LogP contribution in [0.15, 0.2) is 60.8 Å². The van der Waals surface area contributed by atoms with E-state index in [1.165, 1.54) is 0 Å². The molecule has 2 aromatic carbocycles. The quantitative estimate of drug-likeness (QED) is 0.749. The number of esters is 1. The van der Waals surface area contributed by atoms with Gasteiger partial charge in [0.1, 0.15) is 11.3 Å². The van der Waals surface area contributed by atoms with E-state index >= 15 is 0 Å². The minimum absolute atomic E-state index is 0.0680. The van der Waals surface area contributed by atoms with Crippen molar-refractivity contribution < 1.29 is 14.6 Å². The van der Waals surface area contributed by atoms with Crippen molar-refractivity contribution >= 4 is 16.7 Å². The first-order valence-electron chi connectivity index (χ1n) is 7.03. The van der Waals surface area contributed by atoms with Crippen LogP contribution in [0.4, 0.5) is 0 Å². The number of fused-ring (bicyclic) bond motifs is 1. The monoisotopic (exact) mass is 293 g/mol. The van der Waals surface area contributed by atoms with E-state index in [1.54, 1.807) is 18.3 Å². The van der Waals surface area contributed by atoms with E-state index in [4.69, 9.17) is 4.74 Å². The first-order valence-corrected chi connectivity index (χ1v) is 7.03. The molecule has 3 aromatic rings. The van der Waals surface area contributed by atoms with E-state index in [9.17, 15) is 9.90 Å². The molecule has 22 heavy (non-hydrogen) atoms. The normalized spacial score (nSPS) is 10.5. The molecule has 110 valence electrons. The number of benzene rings is 2. The molecule has 0 unspecified atom stereocenters. The summed E-state index contributed by atoms with van der Waals surface area (Å²) in [5.74, 6) is -0.597. The number of phenols is 1. The molecule has 0 aliphatic carbocycles. The summed E-state index contributed by atoms with van der Waals surface area (Å²) in [5, 5.41) is 11.7.